The minimum absolute atomic E-state index is 0.0430. The zero-order chi connectivity index (χ0) is 14.4. The normalized spacial score (nSPS) is 30.5. The summed E-state index contributed by atoms with van der Waals surface area (Å²) in [6, 6.07) is 0.160. The minimum atomic E-state index is 0.0430. The number of rotatable bonds is 1. The molecule has 5 nitrogen and oxygen atoms in total. The quantitative estimate of drug-likeness (QED) is 0.735. The van der Waals surface area contributed by atoms with Gasteiger partial charge in [0, 0.05) is 44.7 Å². The third-order valence-electron chi connectivity index (χ3n) is 5.74. The van der Waals surface area contributed by atoms with Crippen LogP contribution >= 0.6 is 0 Å². The van der Waals surface area contributed by atoms with Crippen LogP contribution in [-0.2, 0) is 4.79 Å². The highest BCUT2D eigenvalue weighted by molar-refractivity contribution is 5.82. The van der Waals surface area contributed by atoms with E-state index in [-0.39, 0.29) is 11.9 Å². The van der Waals surface area contributed by atoms with Crippen LogP contribution in [0.15, 0.2) is 0 Å². The van der Waals surface area contributed by atoms with Gasteiger partial charge in [-0.1, -0.05) is 0 Å². The lowest BCUT2D eigenvalue weighted by molar-refractivity contribution is -0.144. The van der Waals surface area contributed by atoms with Crippen LogP contribution in [0.2, 0.25) is 0 Å². The molecule has 3 amide bonds. The highest BCUT2D eigenvalue weighted by atomic mass is 16.2. The first kappa shape index (κ1) is 13.4. The largest absolute Gasteiger partial charge is 0.341 e. The van der Waals surface area contributed by atoms with Crippen LogP contribution in [0.5, 0.6) is 0 Å². The molecule has 1 saturated carbocycles. The van der Waals surface area contributed by atoms with Gasteiger partial charge in [0.1, 0.15) is 0 Å². The Balaban J connectivity index is 1.34. The van der Waals surface area contributed by atoms with Crippen LogP contribution in [-0.4, -0.2) is 65.9 Å². The molecule has 3 aliphatic heterocycles. The van der Waals surface area contributed by atoms with Gasteiger partial charge in [0.25, 0.3) is 0 Å². The number of hydrogen-bond acceptors (Lipinski definition) is 2. The molecule has 4 fully saturated rings. The summed E-state index contributed by atoms with van der Waals surface area (Å²) in [7, 11) is 0. The maximum atomic E-state index is 12.6. The Bertz CT molecular complexity index is 446. The molecule has 4 aliphatic rings. The van der Waals surface area contributed by atoms with Gasteiger partial charge >= 0.3 is 6.03 Å². The molecule has 1 aliphatic carbocycles. The lowest BCUT2D eigenvalue weighted by atomic mass is 9.91. The van der Waals surface area contributed by atoms with Crippen molar-refractivity contribution in [2.75, 3.05) is 39.3 Å². The van der Waals surface area contributed by atoms with Crippen LogP contribution in [0.1, 0.15) is 38.5 Å². The van der Waals surface area contributed by atoms with Gasteiger partial charge in [0.05, 0.1) is 5.92 Å². The molecule has 0 radical (unpaired) electrons. The standard InChI is InChI=1S/C16H25N3O2/c20-14(19-11-16(12-19)5-6-16)13-4-3-9-18(10-13)15(21)17-7-1-2-8-17/h13H,1-12H2. The summed E-state index contributed by atoms with van der Waals surface area (Å²) in [5.74, 6) is 0.341. The number of likely N-dealkylation sites (tertiary alicyclic amines) is 3. The second kappa shape index (κ2) is 4.89. The van der Waals surface area contributed by atoms with Crippen molar-refractivity contribution >= 4 is 11.9 Å². The maximum Gasteiger partial charge on any atom is 0.320 e. The van der Waals surface area contributed by atoms with E-state index in [4.69, 9.17) is 0 Å². The topological polar surface area (TPSA) is 43.9 Å². The summed E-state index contributed by atoms with van der Waals surface area (Å²) >= 11 is 0. The molecule has 3 saturated heterocycles. The third kappa shape index (κ3) is 2.40. The Kier molecular flexibility index (Phi) is 3.12. The Morgan fingerprint density at radius 2 is 1.52 bits per heavy atom. The molecule has 0 aromatic heterocycles. The number of carbonyl (C=O) groups excluding carboxylic acids is 2. The van der Waals surface area contributed by atoms with Crippen molar-refractivity contribution in [3.05, 3.63) is 0 Å². The smallest absolute Gasteiger partial charge is 0.320 e. The van der Waals surface area contributed by atoms with Crippen molar-refractivity contribution in [3.8, 4) is 0 Å². The summed E-state index contributed by atoms with van der Waals surface area (Å²) in [6.45, 7) is 5.19. The van der Waals surface area contributed by atoms with E-state index < -0.39 is 0 Å². The monoisotopic (exact) mass is 291 g/mol. The fourth-order valence-corrected chi connectivity index (χ4v) is 4.13. The number of nitrogens with zero attached hydrogens (tertiary/aromatic N) is 3. The molecule has 5 heteroatoms. The van der Waals surface area contributed by atoms with E-state index in [1.165, 1.54) is 12.8 Å². The van der Waals surface area contributed by atoms with Gasteiger partial charge < -0.3 is 14.7 Å². The van der Waals surface area contributed by atoms with E-state index in [1.54, 1.807) is 0 Å². The number of piperidine rings is 1. The number of amides is 3. The van der Waals surface area contributed by atoms with Crippen molar-refractivity contribution < 1.29 is 9.59 Å². The molecule has 1 unspecified atom stereocenters. The van der Waals surface area contributed by atoms with E-state index >= 15 is 0 Å². The summed E-state index contributed by atoms with van der Waals surface area (Å²) in [5.41, 5.74) is 0.523. The van der Waals surface area contributed by atoms with Gasteiger partial charge in [-0.15, -0.1) is 0 Å². The SMILES string of the molecule is O=C(C1CCCN(C(=O)N2CCCC2)C1)N1CC2(CC2)C1. The van der Waals surface area contributed by atoms with Crippen molar-refractivity contribution in [2.45, 2.75) is 38.5 Å². The predicted molar refractivity (Wildman–Crippen MR) is 78.7 cm³/mol. The van der Waals surface area contributed by atoms with Gasteiger partial charge in [-0.05, 0) is 38.5 Å². The third-order valence-corrected chi connectivity index (χ3v) is 5.74. The second-order valence-corrected chi connectivity index (χ2v) is 7.46. The van der Waals surface area contributed by atoms with E-state index in [9.17, 15) is 9.59 Å². The molecular weight excluding hydrogens is 266 g/mol. The molecule has 3 heterocycles. The molecule has 0 aromatic rings. The van der Waals surface area contributed by atoms with Crippen LogP contribution in [0.4, 0.5) is 4.79 Å². The van der Waals surface area contributed by atoms with E-state index in [2.05, 4.69) is 0 Å². The van der Waals surface area contributed by atoms with Gasteiger partial charge in [-0.2, -0.15) is 0 Å². The summed E-state index contributed by atoms with van der Waals surface area (Å²) in [5, 5.41) is 0. The molecule has 0 aromatic carbocycles. The lowest BCUT2D eigenvalue weighted by Gasteiger charge is -2.43. The van der Waals surface area contributed by atoms with Crippen molar-refractivity contribution in [1.82, 2.24) is 14.7 Å². The zero-order valence-corrected chi connectivity index (χ0v) is 12.7. The fourth-order valence-electron chi connectivity index (χ4n) is 4.13. The Morgan fingerprint density at radius 1 is 0.857 bits per heavy atom. The molecule has 21 heavy (non-hydrogen) atoms. The van der Waals surface area contributed by atoms with Gasteiger partial charge in [-0.25, -0.2) is 4.79 Å². The number of hydrogen-bond donors (Lipinski definition) is 0. The van der Waals surface area contributed by atoms with Crippen molar-refractivity contribution in [1.29, 1.82) is 0 Å². The molecule has 116 valence electrons. The average Bonchev–Trinajstić information content (AvgIpc) is 3.10. The molecular formula is C16H25N3O2. The molecule has 1 atom stereocenters. The molecule has 0 N–H and O–H groups in total. The first-order valence-corrected chi connectivity index (χ1v) is 8.50. The number of urea groups is 1. The van der Waals surface area contributed by atoms with Crippen molar-refractivity contribution in [2.24, 2.45) is 11.3 Å². The fraction of sp³-hybridized carbons (Fsp3) is 0.875. The van der Waals surface area contributed by atoms with E-state index in [0.717, 1.165) is 58.4 Å². The summed E-state index contributed by atoms with van der Waals surface area (Å²) in [6.07, 6.45) is 6.78. The van der Waals surface area contributed by atoms with Crippen molar-refractivity contribution in [3.63, 3.8) is 0 Å². The lowest BCUT2D eigenvalue weighted by Crippen LogP contribution is -2.56. The molecule has 1 spiro atoms. The summed E-state index contributed by atoms with van der Waals surface area (Å²) < 4.78 is 0. The highest BCUT2D eigenvalue weighted by Crippen LogP contribution is 2.53. The first-order valence-electron chi connectivity index (χ1n) is 8.50. The Morgan fingerprint density at radius 3 is 2.19 bits per heavy atom. The maximum absolute atomic E-state index is 12.6. The van der Waals surface area contributed by atoms with Crippen LogP contribution in [0, 0.1) is 11.3 Å². The number of carbonyl (C=O) groups is 2. The van der Waals surface area contributed by atoms with Crippen LogP contribution in [0.3, 0.4) is 0 Å². The van der Waals surface area contributed by atoms with Crippen LogP contribution < -0.4 is 0 Å². The minimum Gasteiger partial charge on any atom is -0.341 e. The zero-order valence-electron chi connectivity index (χ0n) is 12.7. The van der Waals surface area contributed by atoms with Gasteiger partial charge in [-0.3, -0.25) is 4.79 Å². The highest BCUT2D eigenvalue weighted by Gasteiger charge is 2.54. The van der Waals surface area contributed by atoms with Gasteiger partial charge in [0.15, 0.2) is 0 Å². The van der Waals surface area contributed by atoms with Crippen LogP contribution in [0.25, 0.3) is 0 Å². The molecule has 0 bridgehead atoms. The van der Waals surface area contributed by atoms with E-state index in [0.29, 0.717) is 17.9 Å². The van der Waals surface area contributed by atoms with E-state index in [1.807, 2.05) is 14.7 Å². The second-order valence-electron chi connectivity index (χ2n) is 7.46. The first-order chi connectivity index (χ1) is 10.2. The molecule has 4 rings (SSSR count). The Labute approximate surface area is 126 Å². The Hall–Kier alpha value is -1.26. The average molecular weight is 291 g/mol. The van der Waals surface area contributed by atoms with Gasteiger partial charge in [0.2, 0.25) is 5.91 Å². The predicted octanol–water partition coefficient (Wildman–Crippen LogP) is 1.54. The summed E-state index contributed by atoms with van der Waals surface area (Å²) in [4.78, 5) is 30.9.